The Kier molecular flexibility index (Phi) is 3.84. The highest BCUT2D eigenvalue weighted by Crippen LogP contribution is 2.29. The van der Waals surface area contributed by atoms with E-state index in [1.165, 1.54) is 5.56 Å². The first kappa shape index (κ1) is 12.2. The van der Waals surface area contributed by atoms with Crippen molar-refractivity contribution < 1.29 is 9.90 Å². The Morgan fingerprint density at radius 3 is 3.12 bits per heavy atom. The average molecular weight is 236 g/mol. The van der Waals surface area contributed by atoms with E-state index >= 15 is 0 Å². The molecule has 0 spiro atoms. The smallest absolute Gasteiger partial charge is 0.239 e. The summed E-state index contributed by atoms with van der Waals surface area (Å²) < 4.78 is 1.88. The van der Waals surface area contributed by atoms with Gasteiger partial charge < -0.3 is 15.0 Å². The van der Waals surface area contributed by atoms with Crippen molar-refractivity contribution in [3.63, 3.8) is 0 Å². The molecule has 0 saturated heterocycles. The van der Waals surface area contributed by atoms with Crippen LogP contribution in [0.25, 0.3) is 0 Å². The molecule has 1 aliphatic carbocycles. The fourth-order valence-corrected chi connectivity index (χ4v) is 2.30. The lowest BCUT2D eigenvalue weighted by atomic mass is 9.93. The number of rotatable bonds is 4. The maximum Gasteiger partial charge on any atom is 0.239 e. The van der Waals surface area contributed by atoms with Crippen molar-refractivity contribution in [2.75, 3.05) is 6.54 Å². The van der Waals surface area contributed by atoms with Gasteiger partial charge in [-0.1, -0.05) is 6.92 Å². The number of nitrogens with one attached hydrogen (secondary N) is 1. The highest BCUT2D eigenvalue weighted by atomic mass is 16.3. The van der Waals surface area contributed by atoms with E-state index in [1.807, 2.05) is 23.9 Å². The topological polar surface area (TPSA) is 54.3 Å². The number of aromatic nitrogens is 1. The molecule has 4 nitrogen and oxygen atoms in total. The highest BCUT2D eigenvalue weighted by Gasteiger charge is 2.20. The van der Waals surface area contributed by atoms with Crippen LogP contribution < -0.4 is 5.32 Å². The van der Waals surface area contributed by atoms with Crippen LogP contribution in [-0.2, 0) is 17.8 Å². The number of aryl methyl sites for hydroxylation is 1. The third-order valence-electron chi connectivity index (χ3n) is 3.18. The summed E-state index contributed by atoms with van der Waals surface area (Å²) in [6, 6.07) is 0. The predicted octanol–water partition coefficient (Wildman–Crippen LogP) is 1.38. The van der Waals surface area contributed by atoms with Crippen molar-refractivity contribution >= 4 is 5.91 Å². The predicted molar refractivity (Wildman–Crippen MR) is 65.6 cm³/mol. The lowest BCUT2D eigenvalue weighted by Gasteiger charge is -2.16. The van der Waals surface area contributed by atoms with Gasteiger partial charge in [-0.2, -0.15) is 0 Å². The number of aliphatic hydroxyl groups is 1. The molecule has 0 fully saturated rings. The van der Waals surface area contributed by atoms with Gasteiger partial charge in [0.1, 0.15) is 6.54 Å². The molecule has 0 saturated carbocycles. The summed E-state index contributed by atoms with van der Waals surface area (Å²) in [7, 11) is 0. The molecule has 0 aromatic carbocycles. The molecule has 4 heteroatoms. The van der Waals surface area contributed by atoms with Gasteiger partial charge in [0.25, 0.3) is 0 Å². The number of carbonyl (C=O) groups excluding carboxylic acids is 1. The Hall–Kier alpha value is -1.29. The van der Waals surface area contributed by atoms with Gasteiger partial charge in [0, 0.05) is 24.5 Å². The van der Waals surface area contributed by atoms with Gasteiger partial charge in [0.05, 0.1) is 6.10 Å². The van der Waals surface area contributed by atoms with E-state index in [0.717, 1.165) is 37.8 Å². The maximum absolute atomic E-state index is 11.6. The Morgan fingerprint density at radius 2 is 2.41 bits per heavy atom. The molecule has 0 aliphatic heterocycles. The molecule has 17 heavy (non-hydrogen) atoms. The summed E-state index contributed by atoms with van der Waals surface area (Å²) in [6.07, 6.45) is 7.37. The van der Waals surface area contributed by atoms with Crippen molar-refractivity contribution in [1.82, 2.24) is 9.88 Å². The molecule has 2 N–H and O–H groups in total. The summed E-state index contributed by atoms with van der Waals surface area (Å²) >= 11 is 0. The molecule has 0 bridgehead atoms. The molecule has 0 radical (unpaired) electrons. The number of carbonyl (C=O) groups is 1. The fraction of sp³-hybridized carbons (Fsp3) is 0.615. The molecule has 1 aliphatic rings. The SMILES string of the molecule is CCCNC(=O)Cn1cc2c(c1)C(O)CCC2. The molecule has 1 atom stereocenters. The van der Waals surface area contributed by atoms with E-state index < -0.39 is 0 Å². The molecule has 94 valence electrons. The van der Waals surface area contributed by atoms with Crippen molar-refractivity contribution in [3.05, 3.63) is 23.5 Å². The van der Waals surface area contributed by atoms with Crippen LogP contribution >= 0.6 is 0 Å². The Labute approximate surface area is 102 Å². The van der Waals surface area contributed by atoms with Gasteiger partial charge in [-0.25, -0.2) is 0 Å². The second-order valence-electron chi connectivity index (χ2n) is 4.67. The molecular formula is C13H20N2O2. The molecular weight excluding hydrogens is 216 g/mol. The number of hydrogen-bond acceptors (Lipinski definition) is 2. The van der Waals surface area contributed by atoms with Crippen LogP contribution in [-0.4, -0.2) is 22.1 Å². The van der Waals surface area contributed by atoms with Gasteiger partial charge in [0.15, 0.2) is 0 Å². The van der Waals surface area contributed by atoms with Crippen LogP contribution in [0, 0.1) is 0 Å². The van der Waals surface area contributed by atoms with Crippen LogP contribution in [0.2, 0.25) is 0 Å². The van der Waals surface area contributed by atoms with Crippen molar-refractivity contribution in [1.29, 1.82) is 0 Å². The lowest BCUT2D eigenvalue weighted by Crippen LogP contribution is -2.27. The Balaban J connectivity index is 2.00. The summed E-state index contributed by atoms with van der Waals surface area (Å²) in [4.78, 5) is 11.6. The highest BCUT2D eigenvalue weighted by molar-refractivity contribution is 5.75. The second kappa shape index (κ2) is 5.36. The first-order valence-electron chi connectivity index (χ1n) is 6.34. The summed E-state index contributed by atoms with van der Waals surface area (Å²) in [5, 5.41) is 12.7. The summed E-state index contributed by atoms with van der Waals surface area (Å²) in [6.45, 7) is 3.10. The molecule has 1 unspecified atom stereocenters. The second-order valence-corrected chi connectivity index (χ2v) is 4.67. The minimum atomic E-state index is -0.348. The number of amides is 1. The van der Waals surface area contributed by atoms with Crippen molar-refractivity contribution in [3.8, 4) is 0 Å². The zero-order valence-corrected chi connectivity index (χ0v) is 10.3. The molecule has 1 aromatic heterocycles. The van der Waals surface area contributed by atoms with Crippen LogP contribution in [0.15, 0.2) is 12.4 Å². The van der Waals surface area contributed by atoms with Gasteiger partial charge in [-0.15, -0.1) is 0 Å². The van der Waals surface area contributed by atoms with Crippen LogP contribution in [0.1, 0.15) is 43.4 Å². The number of nitrogens with zero attached hydrogens (tertiary/aromatic N) is 1. The van der Waals surface area contributed by atoms with E-state index in [0.29, 0.717) is 6.54 Å². The molecule has 2 rings (SSSR count). The Morgan fingerprint density at radius 1 is 1.59 bits per heavy atom. The first-order valence-corrected chi connectivity index (χ1v) is 6.34. The molecule has 1 amide bonds. The van der Waals surface area contributed by atoms with Gasteiger partial charge in [-0.05, 0) is 31.2 Å². The van der Waals surface area contributed by atoms with Crippen molar-refractivity contribution in [2.24, 2.45) is 0 Å². The maximum atomic E-state index is 11.6. The Bertz CT molecular complexity index is 398. The van der Waals surface area contributed by atoms with Crippen molar-refractivity contribution in [2.45, 2.75) is 45.3 Å². The van der Waals surface area contributed by atoms with Crippen LogP contribution in [0.5, 0.6) is 0 Å². The van der Waals surface area contributed by atoms with Crippen LogP contribution in [0.3, 0.4) is 0 Å². The number of aliphatic hydroxyl groups excluding tert-OH is 1. The number of fused-ring (bicyclic) bond motifs is 1. The lowest BCUT2D eigenvalue weighted by molar-refractivity contribution is -0.121. The largest absolute Gasteiger partial charge is 0.388 e. The van der Waals surface area contributed by atoms with Gasteiger partial charge >= 0.3 is 0 Å². The quantitative estimate of drug-likeness (QED) is 0.830. The molecule has 1 aromatic rings. The van der Waals surface area contributed by atoms with Crippen LogP contribution in [0.4, 0.5) is 0 Å². The minimum Gasteiger partial charge on any atom is -0.388 e. The summed E-state index contributed by atoms with van der Waals surface area (Å²) in [5.41, 5.74) is 2.19. The zero-order valence-electron chi connectivity index (χ0n) is 10.3. The third-order valence-corrected chi connectivity index (χ3v) is 3.18. The summed E-state index contributed by atoms with van der Waals surface area (Å²) in [5.74, 6) is 0.0358. The zero-order chi connectivity index (χ0) is 12.3. The first-order chi connectivity index (χ1) is 8.20. The molecule has 1 heterocycles. The monoisotopic (exact) mass is 236 g/mol. The van der Waals surface area contributed by atoms with E-state index in [9.17, 15) is 9.90 Å². The number of hydrogen-bond donors (Lipinski definition) is 2. The van der Waals surface area contributed by atoms with Gasteiger partial charge in [0.2, 0.25) is 5.91 Å². The third kappa shape index (κ3) is 2.88. The fourth-order valence-electron chi connectivity index (χ4n) is 2.30. The van der Waals surface area contributed by atoms with Gasteiger partial charge in [-0.3, -0.25) is 4.79 Å². The van der Waals surface area contributed by atoms with E-state index in [2.05, 4.69) is 5.32 Å². The minimum absolute atomic E-state index is 0.0358. The standard InChI is InChI=1S/C13H20N2O2/c1-2-6-14-13(17)9-15-7-10-4-3-5-12(16)11(10)8-15/h7-8,12,16H,2-6,9H2,1H3,(H,14,17). The average Bonchev–Trinajstić information content (AvgIpc) is 2.70. The normalized spacial score (nSPS) is 18.8. The van der Waals surface area contributed by atoms with E-state index in [1.54, 1.807) is 0 Å². The van der Waals surface area contributed by atoms with E-state index in [4.69, 9.17) is 0 Å². The van der Waals surface area contributed by atoms with E-state index in [-0.39, 0.29) is 12.0 Å².